The van der Waals surface area contributed by atoms with Gasteiger partial charge in [-0.1, -0.05) is 60.7 Å². The lowest BCUT2D eigenvalue weighted by Gasteiger charge is -2.10. The number of phenols is 1. The molecule has 4 aromatic rings. The molecule has 0 aliphatic rings. The summed E-state index contributed by atoms with van der Waals surface area (Å²) in [6.07, 6.45) is 0. The minimum absolute atomic E-state index is 0.0125. The van der Waals surface area contributed by atoms with Crippen LogP contribution in [0.5, 0.6) is 5.75 Å². The van der Waals surface area contributed by atoms with Crippen LogP contribution >= 0.6 is 0 Å². The SMILES string of the molecule is Cc1cccc(C(=O)OCC(=O)Nc2cc(-c3ccccc3)nn2-c2ccccc2)c1O. The van der Waals surface area contributed by atoms with Crippen LogP contribution in [-0.2, 0) is 9.53 Å². The Morgan fingerprint density at radius 3 is 2.38 bits per heavy atom. The molecule has 0 aliphatic heterocycles. The number of aryl methyl sites for hydroxylation is 1. The molecule has 0 aliphatic carbocycles. The van der Waals surface area contributed by atoms with Gasteiger partial charge in [0.15, 0.2) is 6.61 Å². The van der Waals surface area contributed by atoms with E-state index in [4.69, 9.17) is 4.74 Å². The van der Waals surface area contributed by atoms with E-state index in [9.17, 15) is 14.7 Å². The van der Waals surface area contributed by atoms with E-state index in [1.165, 1.54) is 6.07 Å². The van der Waals surface area contributed by atoms with E-state index < -0.39 is 18.5 Å². The van der Waals surface area contributed by atoms with Crippen LogP contribution < -0.4 is 5.32 Å². The number of hydrogen-bond donors (Lipinski definition) is 2. The molecular formula is C25H21N3O4. The number of ether oxygens (including phenoxy) is 1. The van der Waals surface area contributed by atoms with Crippen LogP contribution in [0.1, 0.15) is 15.9 Å². The Morgan fingerprint density at radius 1 is 0.969 bits per heavy atom. The van der Waals surface area contributed by atoms with E-state index in [0.29, 0.717) is 17.1 Å². The van der Waals surface area contributed by atoms with E-state index in [1.54, 1.807) is 29.8 Å². The van der Waals surface area contributed by atoms with Crippen LogP contribution in [0.4, 0.5) is 5.82 Å². The third-order valence-electron chi connectivity index (χ3n) is 4.84. The number of amides is 1. The van der Waals surface area contributed by atoms with Crippen molar-refractivity contribution in [2.75, 3.05) is 11.9 Å². The second-order valence-electron chi connectivity index (χ2n) is 7.12. The van der Waals surface area contributed by atoms with Crippen LogP contribution in [0.25, 0.3) is 16.9 Å². The average Bonchev–Trinajstić information content (AvgIpc) is 3.24. The summed E-state index contributed by atoms with van der Waals surface area (Å²) in [5.41, 5.74) is 2.92. The molecule has 0 fully saturated rings. The number of phenolic OH excluding ortho intramolecular Hbond substituents is 1. The standard InChI is InChI=1S/C25H21N3O4/c1-17-9-8-14-20(24(17)30)25(31)32-16-23(29)26-22-15-21(18-10-4-2-5-11-18)27-28(22)19-12-6-3-7-13-19/h2-15,30H,16H2,1H3,(H,26,29). The quantitative estimate of drug-likeness (QED) is 0.446. The molecule has 2 N–H and O–H groups in total. The maximum Gasteiger partial charge on any atom is 0.342 e. The molecule has 32 heavy (non-hydrogen) atoms. The van der Waals surface area contributed by atoms with Crippen LogP contribution in [0.3, 0.4) is 0 Å². The minimum atomic E-state index is -0.775. The highest BCUT2D eigenvalue weighted by Crippen LogP contribution is 2.25. The monoisotopic (exact) mass is 427 g/mol. The Morgan fingerprint density at radius 2 is 1.66 bits per heavy atom. The van der Waals surface area contributed by atoms with E-state index in [-0.39, 0.29) is 11.3 Å². The van der Waals surface area contributed by atoms with Crippen molar-refractivity contribution in [3.05, 3.63) is 96.1 Å². The zero-order chi connectivity index (χ0) is 22.5. The summed E-state index contributed by atoms with van der Waals surface area (Å²) in [5.74, 6) is -1.02. The van der Waals surface area contributed by atoms with Gasteiger partial charge in [-0.25, -0.2) is 9.48 Å². The fourth-order valence-electron chi connectivity index (χ4n) is 3.20. The lowest BCUT2D eigenvalue weighted by atomic mass is 10.1. The predicted octanol–water partition coefficient (Wildman–Crippen LogP) is 4.35. The Labute approximate surface area is 184 Å². The minimum Gasteiger partial charge on any atom is -0.507 e. The summed E-state index contributed by atoms with van der Waals surface area (Å²) in [6, 6.07) is 25.5. The number of rotatable bonds is 6. The van der Waals surface area contributed by atoms with Gasteiger partial charge < -0.3 is 15.2 Å². The second kappa shape index (κ2) is 9.18. The lowest BCUT2D eigenvalue weighted by molar-refractivity contribution is -0.119. The molecule has 4 rings (SSSR count). The van der Waals surface area contributed by atoms with Crippen molar-refractivity contribution in [3.8, 4) is 22.7 Å². The molecule has 0 radical (unpaired) electrons. The maximum absolute atomic E-state index is 12.5. The highest BCUT2D eigenvalue weighted by Gasteiger charge is 2.17. The number of nitrogens with zero attached hydrogens (tertiary/aromatic N) is 2. The first-order valence-corrected chi connectivity index (χ1v) is 9.99. The van der Waals surface area contributed by atoms with Gasteiger partial charge in [0, 0.05) is 11.6 Å². The summed E-state index contributed by atoms with van der Waals surface area (Å²) in [7, 11) is 0. The number of anilines is 1. The summed E-state index contributed by atoms with van der Waals surface area (Å²) in [5, 5.41) is 17.4. The van der Waals surface area contributed by atoms with E-state index in [2.05, 4.69) is 10.4 Å². The first-order chi connectivity index (χ1) is 15.5. The number of para-hydroxylation sites is 2. The van der Waals surface area contributed by atoms with Crippen molar-refractivity contribution < 1.29 is 19.4 Å². The summed E-state index contributed by atoms with van der Waals surface area (Å²) < 4.78 is 6.71. The molecule has 160 valence electrons. The lowest BCUT2D eigenvalue weighted by Crippen LogP contribution is -2.22. The molecule has 7 nitrogen and oxygen atoms in total. The van der Waals surface area contributed by atoms with Crippen LogP contribution in [-0.4, -0.2) is 33.4 Å². The van der Waals surface area contributed by atoms with Crippen molar-refractivity contribution in [1.29, 1.82) is 0 Å². The molecule has 0 spiro atoms. The van der Waals surface area contributed by atoms with E-state index in [0.717, 1.165) is 11.3 Å². The Hall–Kier alpha value is -4.39. The zero-order valence-corrected chi connectivity index (χ0v) is 17.4. The van der Waals surface area contributed by atoms with Gasteiger partial charge in [0.1, 0.15) is 17.1 Å². The molecule has 1 heterocycles. The molecule has 0 saturated heterocycles. The Bertz CT molecular complexity index is 1250. The number of aromatic nitrogens is 2. The van der Waals surface area contributed by atoms with E-state index in [1.807, 2.05) is 60.7 Å². The predicted molar refractivity (Wildman–Crippen MR) is 121 cm³/mol. The fourth-order valence-corrected chi connectivity index (χ4v) is 3.20. The van der Waals surface area contributed by atoms with Gasteiger partial charge in [0.2, 0.25) is 0 Å². The van der Waals surface area contributed by atoms with E-state index >= 15 is 0 Å². The Balaban J connectivity index is 1.52. The molecule has 7 heteroatoms. The first kappa shape index (κ1) is 20.9. The van der Waals surface area contributed by atoms with Gasteiger partial charge in [-0.15, -0.1) is 0 Å². The number of hydrogen-bond acceptors (Lipinski definition) is 5. The van der Waals surface area contributed by atoms with Gasteiger partial charge in [-0.2, -0.15) is 5.10 Å². The van der Waals surface area contributed by atoms with Gasteiger partial charge in [0.05, 0.1) is 11.4 Å². The number of carbonyl (C=O) groups is 2. The van der Waals surface area contributed by atoms with Crippen molar-refractivity contribution in [1.82, 2.24) is 9.78 Å². The molecule has 0 bridgehead atoms. The molecular weight excluding hydrogens is 406 g/mol. The molecule has 1 amide bonds. The molecule has 1 aromatic heterocycles. The smallest absolute Gasteiger partial charge is 0.342 e. The fraction of sp³-hybridized carbons (Fsp3) is 0.0800. The van der Waals surface area contributed by atoms with Crippen LogP contribution in [0.2, 0.25) is 0 Å². The number of carbonyl (C=O) groups excluding carboxylic acids is 2. The summed E-state index contributed by atoms with van der Waals surface area (Å²) >= 11 is 0. The zero-order valence-electron chi connectivity index (χ0n) is 17.4. The van der Waals surface area contributed by atoms with Crippen LogP contribution in [0, 0.1) is 6.92 Å². The number of nitrogens with one attached hydrogen (secondary N) is 1. The maximum atomic E-state index is 12.5. The largest absolute Gasteiger partial charge is 0.507 e. The average molecular weight is 427 g/mol. The number of esters is 1. The summed E-state index contributed by atoms with van der Waals surface area (Å²) in [6.45, 7) is 1.17. The van der Waals surface area contributed by atoms with Crippen LogP contribution in [0.15, 0.2) is 84.9 Å². The van der Waals surface area contributed by atoms with Crippen molar-refractivity contribution in [3.63, 3.8) is 0 Å². The molecule has 0 saturated carbocycles. The molecule has 3 aromatic carbocycles. The van der Waals surface area contributed by atoms with Crippen molar-refractivity contribution in [2.24, 2.45) is 0 Å². The third kappa shape index (κ3) is 4.52. The topological polar surface area (TPSA) is 93.5 Å². The van der Waals surface area contributed by atoms with Crippen molar-refractivity contribution >= 4 is 17.7 Å². The summed E-state index contributed by atoms with van der Waals surface area (Å²) in [4.78, 5) is 24.8. The Kier molecular flexibility index (Phi) is 5.98. The number of benzene rings is 3. The molecule has 0 atom stereocenters. The third-order valence-corrected chi connectivity index (χ3v) is 4.84. The first-order valence-electron chi connectivity index (χ1n) is 9.99. The van der Waals surface area contributed by atoms with Gasteiger partial charge >= 0.3 is 5.97 Å². The van der Waals surface area contributed by atoms with Gasteiger partial charge in [-0.3, -0.25) is 4.79 Å². The number of aromatic hydroxyl groups is 1. The highest BCUT2D eigenvalue weighted by molar-refractivity contribution is 5.97. The highest BCUT2D eigenvalue weighted by atomic mass is 16.5. The van der Waals surface area contributed by atoms with Gasteiger partial charge in [-0.05, 0) is 30.7 Å². The van der Waals surface area contributed by atoms with Gasteiger partial charge in [0.25, 0.3) is 5.91 Å². The second-order valence-corrected chi connectivity index (χ2v) is 7.12. The molecule has 0 unspecified atom stereocenters. The van der Waals surface area contributed by atoms with Crippen molar-refractivity contribution in [2.45, 2.75) is 6.92 Å². The normalized spacial score (nSPS) is 10.5.